The standard InChI is InChI=1S/C20H25F2N3/c1-14-10-23-20(16-4-5-16)25(14)12-15-3-2-8-24(11-15)13-17-6-7-18(21)9-19(17)22/h6-7,9-10,15-16H,2-5,8,11-13H2,1H3. The maximum Gasteiger partial charge on any atom is 0.130 e. The molecule has 1 atom stereocenters. The molecule has 1 aliphatic carbocycles. The van der Waals surface area contributed by atoms with Crippen LogP contribution in [0.25, 0.3) is 0 Å². The molecule has 2 heterocycles. The van der Waals surface area contributed by atoms with Crippen molar-refractivity contribution in [2.75, 3.05) is 13.1 Å². The first kappa shape index (κ1) is 16.7. The summed E-state index contributed by atoms with van der Waals surface area (Å²) in [5, 5.41) is 0. The molecule has 1 saturated carbocycles. The van der Waals surface area contributed by atoms with E-state index in [0.717, 1.165) is 32.1 Å². The normalized spacial score (nSPS) is 21.6. The number of rotatable bonds is 5. The molecule has 0 amide bonds. The summed E-state index contributed by atoms with van der Waals surface area (Å²) in [4.78, 5) is 6.91. The van der Waals surface area contributed by atoms with E-state index in [4.69, 9.17) is 0 Å². The Balaban J connectivity index is 1.42. The van der Waals surface area contributed by atoms with Gasteiger partial charge >= 0.3 is 0 Å². The van der Waals surface area contributed by atoms with Crippen molar-refractivity contribution < 1.29 is 8.78 Å². The molecular formula is C20H25F2N3. The van der Waals surface area contributed by atoms with Crippen molar-refractivity contribution >= 4 is 0 Å². The maximum atomic E-state index is 13.9. The molecule has 2 fully saturated rings. The molecule has 0 spiro atoms. The van der Waals surface area contributed by atoms with Gasteiger partial charge in [0.25, 0.3) is 0 Å². The lowest BCUT2D eigenvalue weighted by Gasteiger charge is -2.33. The van der Waals surface area contributed by atoms with Crippen LogP contribution in [-0.2, 0) is 13.1 Å². The van der Waals surface area contributed by atoms with Gasteiger partial charge in [-0.25, -0.2) is 13.8 Å². The molecule has 1 aromatic heterocycles. The molecule has 0 bridgehead atoms. The minimum Gasteiger partial charge on any atom is -0.332 e. The van der Waals surface area contributed by atoms with Crippen LogP contribution < -0.4 is 0 Å². The number of halogens is 2. The molecule has 25 heavy (non-hydrogen) atoms. The molecule has 2 aliphatic rings. The first-order chi connectivity index (χ1) is 12.1. The van der Waals surface area contributed by atoms with Crippen molar-refractivity contribution in [3.8, 4) is 0 Å². The second-order valence-electron chi connectivity index (χ2n) is 7.62. The van der Waals surface area contributed by atoms with Crippen LogP contribution in [0.5, 0.6) is 0 Å². The zero-order valence-electron chi connectivity index (χ0n) is 14.7. The summed E-state index contributed by atoms with van der Waals surface area (Å²) < 4.78 is 29.4. The zero-order chi connectivity index (χ0) is 17.4. The number of aromatic nitrogens is 2. The van der Waals surface area contributed by atoms with Gasteiger partial charge in [-0.15, -0.1) is 0 Å². The van der Waals surface area contributed by atoms with E-state index in [0.29, 0.717) is 23.9 Å². The van der Waals surface area contributed by atoms with Gasteiger partial charge in [0.05, 0.1) is 0 Å². The van der Waals surface area contributed by atoms with Crippen molar-refractivity contribution in [3.63, 3.8) is 0 Å². The summed E-state index contributed by atoms with van der Waals surface area (Å²) in [6.45, 7) is 5.62. The highest BCUT2D eigenvalue weighted by molar-refractivity contribution is 5.18. The van der Waals surface area contributed by atoms with Gasteiger partial charge < -0.3 is 4.57 Å². The molecule has 134 valence electrons. The van der Waals surface area contributed by atoms with E-state index < -0.39 is 11.6 Å². The molecule has 1 aromatic carbocycles. The summed E-state index contributed by atoms with van der Waals surface area (Å²) in [7, 11) is 0. The summed E-state index contributed by atoms with van der Waals surface area (Å²) in [5.74, 6) is 1.51. The van der Waals surface area contributed by atoms with Crippen molar-refractivity contribution in [2.45, 2.75) is 51.6 Å². The van der Waals surface area contributed by atoms with E-state index in [-0.39, 0.29) is 0 Å². The third-order valence-corrected chi connectivity index (χ3v) is 5.48. The number of nitrogens with zero attached hydrogens (tertiary/aromatic N) is 3. The van der Waals surface area contributed by atoms with Gasteiger partial charge in [-0.05, 0) is 51.1 Å². The van der Waals surface area contributed by atoms with E-state index in [1.165, 1.54) is 36.8 Å². The Hall–Kier alpha value is -1.75. The van der Waals surface area contributed by atoms with Gasteiger partial charge in [0.1, 0.15) is 17.5 Å². The highest BCUT2D eigenvalue weighted by Gasteiger charge is 2.30. The van der Waals surface area contributed by atoms with Crippen LogP contribution in [0.15, 0.2) is 24.4 Å². The predicted octanol–water partition coefficient (Wildman–Crippen LogP) is 4.26. The first-order valence-corrected chi connectivity index (χ1v) is 9.28. The molecule has 1 unspecified atom stereocenters. The number of benzene rings is 1. The Bertz CT molecular complexity index is 751. The van der Waals surface area contributed by atoms with Crippen LogP contribution in [0.3, 0.4) is 0 Å². The number of aryl methyl sites for hydroxylation is 1. The van der Waals surface area contributed by atoms with Crippen LogP contribution in [-0.4, -0.2) is 27.5 Å². The summed E-state index contributed by atoms with van der Waals surface area (Å²) >= 11 is 0. The lowest BCUT2D eigenvalue weighted by molar-refractivity contribution is 0.153. The van der Waals surface area contributed by atoms with Gasteiger partial charge in [-0.2, -0.15) is 0 Å². The number of hydrogen-bond donors (Lipinski definition) is 0. The van der Waals surface area contributed by atoms with Crippen LogP contribution in [0.4, 0.5) is 8.78 Å². The smallest absolute Gasteiger partial charge is 0.130 e. The molecule has 1 saturated heterocycles. The van der Waals surface area contributed by atoms with Gasteiger partial charge in [0.15, 0.2) is 0 Å². The number of hydrogen-bond acceptors (Lipinski definition) is 2. The Morgan fingerprint density at radius 2 is 2.04 bits per heavy atom. The molecule has 0 N–H and O–H groups in total. The quantitative estimate of drug-likeness (QED) is 0.807. The van der Waals surface area contributed by atoms with Gasteiger partial charge in [0.2, 0.25) is 0 Å². The van der Waals surface area contributed by atoms with Gasteiger partial charge in [-0.1, -0.05) is 6.07 Å². The van der Waals surface area contributed by atoms with E-state index in [1.807, 2.05) is 6.20 Å². The Morgan fingerprint density at radius 3 is 2.80 bits per heavy atom. The highest BCUT2D eigenvalue weighted by Crippen LogP contribution is 2.40. The van der Waals surface area contributed by atoms with Crippen molar-refractivity contribution in [1.29, 1.82) is 0 Å². The fourth-order valence-corrected chi connectivity index (χ4v) is 3.98. The van der Waals surface area contributed by atoms with Crippen LogP contribution in [0.2, 0.25) is 0 Å². The predicted molar refractivity (Wildman–Crippen MR) is 93.3 cm³/mol. The second-order valence-corrected chi connectivity index (χ2v) is 7.62. The Labute approximate surface area is 147 Å². The average molecular weight is 345 g/mol. The molecule has 3 nitrogen and oxygen atoms in total. The molecule has 4 rings (SSSR count). The maximum absolute atomic E-state index is 13.9. The van der Waals surface area contributed by atoms with E-state index >= 15 is 0 Å². The van der Waals surface area contributed by atoms with Crippen LogP contribution in [0, 0.1) is 24.5 Å². The number of piperidine rings is 1. The molecule has 2 aromatic rings. The minimum atomic E-state index is -0.513. The SMILES string of the molecule is Cc1cnc(C2CC2)n1CC1CCCN(Cc2ccc(F)cc2F)C1. The third-order valence-electron chi connectivity index (χ3n) is 5.48. The fourth-order valence-electron chi connectivity index (χ4n) is 3.98. The lowest BCUT2D eigenvalue weighted by atomic mass is 9.97. The van der Waals surface area contributed by atoms with E-state index in [1.54, 1.807) is 6.07 Å². The molecule has 0 radical (unpaired) electrons. The molecule has 5 heteroatoms. The van der Waals surface area contributed by atoms with Crippen LogP contribution in [0.1, 0.15) is 48.7 Å². The Kier molecular flexibility index (Phi) is 4.59. The van der Waals surface area contributed by atoms with E-state index in [2.05, 4.69) is 21.4 Å². The topological polar surface area (TPSA) is 21.1 Å². The average Bonchev–Trinajstić information content (AvgIpc) is 3.36. The zero-order valence-corrected chi connectivity index (χ0v) is 14.7. The summed E-state index contributed by atoms with van der Waals surface area (Å²) in [5.41, 5.74) is 1.82. The molecular weight excluding hydrogens is 320 g/mol. The lowest BCUT2D eigenvalue weighted by Crippen LogP contribution is -2.37. The highest BCUT2D eigenvalue weighted by atomic mass is 19.1. The Morgan fingerprint density at radius 1 is 1.20 bits per heavy atom. The monoisotopic (exact) mass is 345 g/mol. The number of likely N-dealkylation sites (tertiary alicyclic amines) is 1. The van der Waals surface area contributed by atoms with Gasteiger partial charge in [-0.3, -0.25) is 4.90 Å². The summed E-state index contributed by atoms with van der Waals surface area (Å²) in [6.07, 6.45) is 6.83. The van der Waals surface area contributed by atoms with Crippen molar-refractivity contribution in [3.05, 3.63) is 53.1 Å². The third kappa shape index (κ3) is 3.76. The van der Waals surface area contributed by atoms with E-state index in [9.17, 15) is 8.78 Å². The summed E-state index contributed by atoms with van der Waals surface area (Å²) in [6, 6.07) is 3.89. The fraction of sp³-hybridized carbons (Fsp3) is 0.550. The molecule has 1 aliphatic heterocycles. The van der Waals surface area contributed by atoms with Gasteiger partial charge in [0, 0.05) is 49.1 Å². The largest absolute Gasteiger partial charge is 0.332 e. The number of imidazole rings is 1. The van der Waals surface area contributed by atoms with Crippen molar-refractivity contribution in [2.24, 2.45) is 5.92 Å². The van der Waals surface area contributed by atoms with Crippen molar-refractivity contribution in [1.82, 2.24) is 14.5 Å². The second kappa shape index (κ2) is 6.87. The minimum absolute atomic E-state index is 0.441. The van der Waals surface area contributed by atoms with Crippen LogP contribution >= 0.6 is 0 Å². The first-order valence-electron chi connectivity index (χ1n) is 9.28.